The van der Waals surface area contributed by atoms with Gasteiger partial charge in [-0.3, -0.25) is 9.52 Å². The quantitative estimate of drug-likeness (QED) is 0.877. The molecule has 22 heavy (non-hydrogen) atoms. The van der Waals surface area contributed by atoms with Gasteiger partial charge in [-0.25, -0.2) is 0 Å². The van der Waals surface area contributed by atoms with Gasteiger partial charge in [0.25, 0.3) is 5.91 Å². The molecule has 2 N–H and O–H groups in total. The third-order valence-electron chi connectivity index (χ3n) is 3.65. The van der Waals surface area contributed by atoms with E-state index in [4.69, 9.17) is 11.6 Å². The summed E-state index contributed by atoms with van der Waals surface area (Å²) in [7, 11) is -2.22. The molecule has 0 aliphatic carbocycles. The average Bonchev–Trinajstić information content (AvgIpc) is 2.46. The Hall–Kier alpha value is -1.31. The number of carbonyl (C=O) groups excluding carboxylic acids is 1. The van der Waals surface area contributed by atoms with E-state index < -0.39 is 10.2 Å². The summed E-state index contributed by atoms with van der Waals surface area (Å²) in [6, 6.07) is 4.49. The van der Waals surface area contributed by atoms with Crippen LogP contribution >= 0.6 is 11.6 Å². The number of anilines is 1. The number of piperidine rings is 1. The van der Waals surface area contributed by atoms with Gasteiger partial charge in [0.2, 0.25) is 0 Å². The number of carbonyl (C=O) groups is 1. The Kier molecular flexibility index (Phi) is 5.31. The smallest absolute Gasteiger partial charge is 0.301 e. The largest absolute Gasteiger partial charge is 0.355 e. The highest BCUT2D eigenvalue weighted by atomic mass is 35.5. The Labute approximate surface area is 136 Å². The van der Waals surface area contributed by atoms with E-state index in [1.54, 1.807) is 6.07 Å². The highest BCUT2D eigenvalue weighted by molar-refractivity contribution is 7.90. The summed E-state index contributed by atoms with van der Waals surface area (Å²) in [4.78, 5) is 11.9. The number of nitrogens with zero attached hydrogens (tertiary/aromatic N) is 1. The lowest BCUT2D eigenvalue weighted by molar-refractivity contribution is 0.0964. The second-order valence-corrected chi connectivity index (χ2v) is 7.59. The minimum atomic E-state index is -3.71. The van der Waals surface area contributed by atoms with Crippen LogP contribution in [0.25, 0.3) is 0 Å². The minimum Gasteiger partial charge on any atom is -0.355 e. The van der Waals surface area contributed by atoms with Crippen molar-refractivity contribution in [1.82, 2.24) is 9.62 Å². The van der Waals surface area contributed by atoms with Gasteiger partial charge in [0.05, 0.1) is 11.3 Å². The van der Waals surface area contributed by atoms with E-state index in [1.165, 1.54) is 23.5 Å². The van der Waals surface area contributed by atoms with E-state index in [0.29, 0.717) is 24.0 Å². The van der Waals surface area contributed by atoms with Gasteiger partial charge in [0.1, 0.15) is 0 Å². The zero-order valence-electron chi connectivity index (χ0n) is 12.6. The van der Waals surface area contributed by atoms with Gasteiger partial charge in [-0.05, 0) is 37.0 Å². The molecule has 1 aliphatic rings. The Morgan fingerprint density at radius 1 is 1.41 bits per heavy atom. The summed E-state index contributed by atoms with van der Waals surface area (Å²) in [5.41, 5.74) is 0.422. The molecule has 1 heterocycles. The van der Waals surface area contributed by atoms with Gasteiger partial charge in [0, 0.05) is 25.2 Å². The molecule has 0 spiro atoms. The molecule has 1 aromatic carbocycles. The standard InChI is InChI=1S/C14H20ClN3O3S/c1-10-4-3-7-18(9-10)22(20,21)17-13-8-11(15)5-6-12(13)14(19)16-2/h5-6,8,10,17H,3-4,7,9H2,1-2H3,(H,16,19). The zero-order chi connectivity index (χ0) is 16.3. The molecular weight excluding hydrogens is 326 g/mol. The van der Waals surface area contributed by atoms with Gasteiger partial charge in [-0.1, -0.05) is 18.5 Å². The van der Waals surface area contributed by atoms with Crippen molar-refractivity contribution in [3.05, 3.63) is 28.8 Å². The monoisotopic (exact) mass is 345 g/mol. The van der Waals surface area contributed by atoms with Crippen LogP contribution in [0.3, 0.4) is 0 Å². The lowest BCUT2D eigenvalue weighted by Crippen LogP contribution is -2.42. The molecule has 0 bridgehead atoms. The maximum atomic E-state index is 12.5. The predicted molar refractivity (Wildman–Crippen MR) is 87.4 cm³/mol. The average molecular weight is 346 g/mol. The van der Waals surface area contributed by atoms with Gasteiger partial charge in [0.15, 0.2) is 0 Å². The van der Waals surface area contributed by atoms with Crippen LogP contribution in [-0.2, 0) is 10.2 Å². The maximum Gasteiger partial charge on any atom is 0.301 e. The second kappa shape index (κ2) is 6.85. The number of rotatable bonds is 4. The third-order valence-corrected chi connectivity index (χ3v) is 5.38. The van der Waals surface area contributed by atoms with E-state index in [-0.39, 0.29) is 17.2 Å². The molecule has 8 heteroatoms. The van der Waals surface area contributed by atoms with Crippen LogP contribution in [0.1, 0.15) is 30.1 Å². The minimum absolute atomic E-state index is 0.185. The second-order valence-electron chi connectivity index (χ2n) is 5.48. The Bertz CT molecular complexity index is 663. The van der Waals surface area contributed by atoms with E-state index in [1.807, 2.05) is 6.92 Å². The molecule has 1 fully saturated rings. The number of benzene rings is 1. The van der Waals surface area contributed by atoms with Crippen LogP contribution in [-0.4, -0.2) is 38.8 Å². The van der Waals surface area contributed by atoms with Crippen molar-refractivity contribution in [2.45, 2.75) is 19.8 Å². The molecule has 1 unspecified atom stereocenters. The van der Waals surface area contributed by atoms with Crippen LogP contribution in [0.15, 0.2) is 18.2 Å². The predicted octanol–water partition coefficient (Wildman–Crippen LogP) is 2.09. The SMILES string of the molecule is CNC(=O)c1ccc(Cl)cc1NS(=O)(=O)N1CCCC(C)C1. The number of hydrogen-bond donors (Lipinski definition) is 2. The van der Waals surface area contributed by atoms with Crippen molar-refractivity contribution in [1.29, 1.82) is 0 Å². The Morgan fingerprint density at radius 2 is 2.14 bits per heavy atom. The normalized spacial score (nSPS) is 19.7. The Balaban J connectivity index is 2.29. The first-order valence-corrected chi connectivity index (χ1v) is 8.95. The first-order chi connectivity index (χ1) is 10.3. The fraction of sp³-hybridized carbons (Fsp3) is 0.500. The summed E-state index contributed by atoms with van der Waals surface area (Å²) < 4.78 is 28.9. The number of hydrogen-bond acceptors (Lipinski definition) is 3. The van der Waals surface area contributed by atoms with Crippen molar-refractivity contribution in [3.63, 3.8) is 0 Å². The summed E-state index contributed by atoms with van der Waals surface area (Å²) in [5.74, 6) is -0.0514. The van der Waals surface area contributed by atoms with Crippen molar-refractivity contribution in [2.24, 2.45) is 5.92 Å². The van der Waals surface area contributed by atoms with Crippen LogP contribution in [0.2, 0.25) is 5.02 Å². The highest BCUT2D eigenvalue weighted by Gasteiger charge is 2.28. The molecule has 1 atom stereocenters. The number of halogens is 1. The molecule has 1 aromatic rings. The molecule has 0 radical (unpaired) electrons. The topological polar surface area (TPSA) is 78.5 Å². The summed E-state index contributed by atoms with van der Waals surface area (Å²) in [6.07, 6.45) is 1.85. The molecule has 1 aliphatic heterocycles. The van der Waals surface area contributed by atoms with E-state index in [9.17, 15) is 13.2 Å². The summed E-state index contributed by atoms with van der Waals surface area (Å²) >= 11 is 5.92. The maximum absolute atomic E-state index is 12.5. The fourth-order valence-electron chi connectivity index (χ4n) is 2.50. The van der Waals surface area contributed by atoms with E-state index in [2.05, 4.69) is 10.0 Å². The first-order valence-electron chi connectivity index (χ1n) is 7.13. The fourth-order valence-corrected chi connectivity index (χ4v) is 4.07. The van der Waals surface area contributed by atoms with Gasteiger partial charge < -0.3 is 5.32 Å². The van der Waals surface area contributed by atoms with Crippen molar-refractivity contribution >= 4 is 33.4 Å². The van der Waals surface area contributed by atoms with E-state index >= 15 is 0 Å². The van der Waals surface area contributed by atoms with Crippen LogP contribution in [0.5, 0.6) is 0 Å². The number of amides is 1. The first kappa shape index (κ1) is 17.1. The number of nitrogens with one attached hydrogen (secondary N) is 2. The summed E-state index contributed by atoms with van der Waals surface area (Å²) in [5, 5.41) is 2.84. The highest BCUT2D eigenvalue weighted by Crippen LogP contribution is 2.25. The lowest BCUT2D eigenvalue weighted by Gasteiger charge is -2.30. The van der Waals surface area contributed by atoms with Crippen LogP contribution in [0.4, 0.5) is 5.69 Å². The molecule has 1 amide bonds. The van der Waals surface area contributed by atoms with Crippen molar-refractivity contribution in [3.8, 4) is 0 Å². The molecule has 2 rings (SSSR count). The molecular formula is C14H20ClN3O3S. The van der Waals surface area contributed by atoms with Gasteiger partial charge in [-0.15, -0.1) is 0 Å². The molecule has 0 saturated carbocycles. The summed E-state index contributed by atoms with van der Waals surface area (Å²) in [6.45, 7) is 2.98. The molecule has 0 aromatic heterocycles. The Morgan fingerprint density at radius 3 is 2.77 bits per heavy atom. The molecule has 1 saturated heterocycles. The van der Waals surface area contributed by atoms with Gasteiger partial charge >= 0.3 is 10.2 Å². The van der Waals surface area contributed by atoms with E-state index in [0.717, 1.165) is 12.8 Å². The van der Waals surface area contributed by atoms with Crippen molar-refractivity contribution in [2.75, 3.05) is 24.9 Å². The molecule has 122 valence electrons. The van der Waals surface area contributed by atoms with Gasteiger partial charge in [-0.2, -0.15) is 12.7 Å². The zero-order valence-corrected chi connectivity index (χ0v) is 14.2. The van der Waals surface area contributed by atoms with Crippen LogP contribution in [0, 0.1) is 5.92 Å². The third kappa shape index (κ3) is 3.91. The van der Waals surface area contributed by atoms with Crippen LogP contribution < -0.4 is 10.0 Å². The lowest BCUT2D eigenvalue weighted by atomic mass is 10.0. The van der Waals surface area contributed by atoms with Crippen molar-refractivity contribution < 1.29 is 13.2 Å². The molecule has 6 nitrogen and oxygen atoms in total.